The van der Waals surface area contributed by atoms with Crippen LogP contribution in [-0.2, 0) is 16.4 Å². The van der Waals surface area contributed by atoms with Crippen LogP contribution in [0.2, 0.25) is 0 Å². The molecule has 0 spiro atoms. The fourth-order valence-electron chi connectivity index (χ4n) is 3.14. The van der Waals surface area contributed by atoms with Crippen LogP contribution in [0.15, 0.2) is 47.4 Å². The number of sulfonamides is 1. The molecule has 0 unspecified atom stereocenters. The van der Waals surface area contributed by atoms with Gasteiger partial charge in [0, 0.05) is 26.2 Å². The number of aryl methyl sites for hydroxylation is 1. The molecule has 7 heteroatoms. The second-order valence-corrected chi connectivity index (χ2v) is 8.21. The van der Waals surface area contributed by atoms with Crippen LogP contribution in [0.3, 0.4) is 0 Å². The van der Waals surface area contributed by atoms with Crippen molar-refractivity contribution in [3.05, 3.63) is 53.6 Å². The van der Waals surface area contributed by atoms with Crippen LogP contribution in [0.4, 0.5) is 5.69 Å². The highest BCUT2D eigenvalue weighted by atomic mass is 32.2. The average molecular weight is 374 g/mol. The lowest BCUT2D eigenvalue weighted by Crippen LogP contribution is -2.35. The fourth-order valence-corrected chi connectivity index (χ4v) is 4.86. The Hall–Kier alpha value is -2.54. The van der Waals surface area contributed by atoms with E-state index >= 15 is 0 Å². The van der Waals surface area contributed by atoms with Crippen molar-refractivity contribution in [2.24, 2.45) is 0 Å². The SMILES string of the molecule is COc1ccc(C(=O)N(C)C)cc1S(=O)(=O)N1CCCc2ccccc21. The largest absolute Gasteiger partial charge is 0.495 e. The fraction of sp³-hybridized carbons (Fsp3) is 0.316. The lowest BCUT2D eigenvalue weighted by atomic mass is 10.0. The van der Waals surface area contributed by atoms with Crippen LogP contribution in [0.1, 0.15) is 22.3 Å². The van der Waals surface area contributed by atoms with Gasteiger partial charge < -0.3 is 9.64 Å². The molecule has 138 valence electrons. The molecule has 1 heterocycles. The minimum atomic E-state index is -3.86. The standard InChI is InChI=1S/C19H22N2O4S/c1-20(2)19(22)15-10-11-17(25-3)18(13-15)26(23,24)21-12-6-8-14-7-4-5-9-16(14)21/h4-5,7,9-11,13H,6,8,12H2,1-3H3. The van der Waals surface area contributed by atoms with Crippen molar-refractivity contribution >= 4 is 21.6 Å². The molecule has 0 saturated carbocycles. The van der Waals surface area contributed by atoms with Crippen molar-refractivity contribution in [3.63, 3.8) is 0 Å². The van der Waals surface area contributed by atoms with Crippen LogP contribution >= 0.6 is 0 Å². The van der Waals surface area contributed by atoms with E-state index in [1.54, 1.807) is 20.2 Å². The highest BCUT2D eigenvalue weighted by Gasteiger charge is 2.32. The third-order valence-electron chi connectivity index (χ3n) is 4.45. The Morgan fingerprint density at radius 3 is 2.58 bits per heavy atom. The minimum Gasteiger partial charge on any atom is -0.495 e. The van der Waals surface area contributed by atoms with Gasteiger partial charge in [-0.15, -0.1) is 0 Å². The Labute approximate surface area is 154 Å². The Bertz CT molecular complexity index is 938. The third kappa shape index (κ3) is 3.14. The first kappa shape index (κ1) is 18.3. The van der Waals surface area contributed by atoms with E-state index in [0.717, 1.165) is 18.4 Å². The number of nitrogens with zero attached hydrogens (tertiary/aromatic N) is 2. The number of anilines is 1. The summed E-state index contributed by atoms with van der Waals surface area (Å²) in [7, 11) is 0.813. The lowest BCUT2D eigenvalue weighted by molar-refractivity contribution is 0.0827. The second kappa shape index (κ2) is 6.99. The number of hydrogen-bond donors (Lipinski definition) is 0. The number of rotatable bonds is 4. The van der Waals surface area contributed by atoms with Gasteiger partial charge in [-0.2, -0.15) is 0 Å². The van der Waals surface area contributed by atoms with E-state index < -0.39 is 10.0 Å². The van der Waals surface area contributed by atoms with E-state index in [0.29, 0.717) is 17.8 Å². The van der Waals surface area contributed by atoms with E-state index in [2.05, 4.69) is 0 Å². The molecule has 3 rings (SSSR count). The Morgan fingerprint density at radius 1 is 1.15 bits per heavy atom. The quantitative estimate of drug-likeness (QED) is 0.825. The Balaban J connectivity index is 2.13. The summed E-state index contributed by atoms with van der Waals surface area (Å²) < 4.78 is 33.5. The van der Waals surface area contributed by atoms with Crippen molar-refractivity contribution in [2.45, 2.75) is 17.7 Å². The Morgan fingerprint density at radius 2 is 1.88 bits per heavy atom. The predicted molar refractivity (Wildman–Crippen MR) is 100 cm³/mol. The molecule has 0 aliphatic carbocycles. The normalized spacial score (nSPS) is 13.9. The van der Waals surface area contributed by atoms with Gasteiger partial charge in [-0.05, 0) is 42.7 Å². The number of para-hydroxylation sites is 1. The van der Waals surface area contributed by atoms with Gasteiger partial charge in [-0.3, -0.25) is 9.10 Å². The summed E-state index contributed by atoms with van der Waals surface area (Å²) in [5, 5.41) is 0. The molecule has 2 aromatic carbocycles. The monoisotopic (exact) mass is 374 g/mol. The van der Waals surface area contributed by atoms with E-state index in [1.807, 2.05) is 24.3 Å². The first-order valence-electron chi connectivity index (χ1n) is 8.36. The van der Waals surface area contributed by atoms with Gasteiger partial charge in [0.2, 0.25) is 0 Å². The van der Waals surface area contributed by atoms with Gasteiger partial charge in [-0.25, -0.2) is 8.42 Å². The smallest absolute Gasteiger partial charge is 0.268 e. The van der Waals surface area contributed by atoms with Gasteiger partial charge in [0.05, 0.1) is 12.8 Å². The van der Waals surface area contributed by atoms with Crippen LogP contribution in [0, 0.1) is 0 Å². The van der Waals surface area contributed by atoms with Crippen molar-refractivity contribution in [3.8, 4) is 5.75 Å². The summed E-state index contributed by atoms with van der Waals surface area (Å²) in [6.45, 7) is 0.397. The van der Waals surface area contributed by atoms with Gasteiger partial charge >= 0.3 is 0 Å². The first-order chi connectivity index (χ1) is 12.4. The van der Waals surface area contributed by atoms with E-state index in [4.69, 9.17) is 4.74 Å². The van der Waals surface area contributed by atoms with Crippen molar-refractivity contribution in [1.82, 2.24) is 4.90 Å². The molecule has 0 radical (unpaired) electrons. The van der Waals surface area contributed by atoms with Crippen molar-refractivity contribution in [1.29, 1.82) is 0 Å². The molecular formula is C19H22N2O4S. The molecule has 0 aromatic heterocycles. The maximum Gasteiger partial charge on any atom is 0.268 e. The topological polar surface area (TPSA) is 66.9 Å². The number of benzene rings is 2. The molecule has 0 saturated heterocycles. The average Bonchev–Trinajstić information content (AvgIpc) is 2.66. The summed E-state index contributed by atoms with van der Waals surface area (Å²) in [6.07, 6.45) is 1.59. The maximum absolute atomic E-state index is 13.4. The molecule has 1 amide bonds. The molecule has 1 aliphatic rings. The second-order valence-electron chi connectivity index (χ2n) is 6.37. The zero-order chi connectivity index (χ0) is 18.9. The van der Waals surface area contributed by atoms with E-state index in [1.165, 1.54) is 28.4 Å². The van der Waals surface area contributed by atoms with Gasteiger partial charge in [-0.1, -0.05) is 18.2 Å². The predicted octanol–water partition coefficient (Wildman–Crippen LogP) is 2.54. The summed E-state index contributed by atoms with van der Waals surface area (Å²) >= 11 is 0. The third-order valence-corrected chi connectivity index (χ3v) is 6.29. The van der Waals surface area contributed by atoms with Gasteiger partial charge in [0.15, 0.2) is 0 Å². The number of fused-ring (bicyclic) bond motifs is 1. The van der Waals surface area contributed by atoms with E-state index in [9.17, 15) is 13.2 Å². The Kier molecular flexibility index (Phi) is 4.91. The summed E-state index contributed by atoms with van der Waals surface area (Å²) in [4.78, 5) is 13.7. The molecular weight excluding hydrogens is 352 g/mol. The highest BCUT2D eigenvalue weighted by Crippen LogP contribution is 2.35. The minimum absolute atomic E-state index is 0.00408. The zero-order valence-electron chi connectivity index (χ0n) is 15.1. The molecule has 0 N–H and O–H groups in total. The molecule has 26 heavy (non-hydrogen) atoms. The zero-order valence-corrected chi connectivity index (χ0v) is 15.9. The number of carbonyl (C=O) groups is 1. The molecule has 1 aliphatic heterocycles. The summed E-state index contributed by atoms with van der Waals surface area (Å²) in [5.41, 5.74) is 1.99. The molecule has 2 aromatic rings. The van der Waals surface area contributed by atoms with Crippen LogP contribution < -0.4 is 9.04 Å². The molecule has 6 nitrogen and oxygen atoms in total. The molecule has 0 fully saturated rings. The highest BCUT2D eigenvalue weighted by molar-refractivity contribution is 7.93. The number of carbonyl (C=O) groups excluding carboxylic acids is 1. The van der Waals surface area contributed by atoms with Crippen LogP contribution in [0.5, 0.6) is 5.75 Å². The van der Waals surface area contributed by atoms with Gasteiger partial charge in [0.25, 0.3) is 15.9 Å². The van der Waals surface area contributed by atoms with Crippen molar-refractivity contribution in [2.75, 3.05) is 32.1 Å². The first-order valence-corrected chi connectivity index (χ1v) is 9.80. The lowest BCUT2D eigenvalue weighted by Gasteiger charge is -2.31. The van der Waals surface area contributed by atoms with Crippen LogP contribution in [-0.4, -0.2) is 47.0 Å². The number of methoxy groups -OCH3 is 1. The number of ether oxygens (including phenoxy) is 1. The maximum atomic E-state index is 13.4. The van der Waals surface area contributed by atoms with Crippen molar-refractivity contribution < 1.29 is 17.9 Å². The van der Waals surface area contributed by atoms with Crippen LogP contribution in [0.25, 0.3) is 0 Å². The number of hydrogen-bond acceptors (Lipinski definition) is 4. The summed E-state index contributed by atoms with van der Waals surface area (Å²) in [5.74, 6) is -0.0356. The number of amides is 1. The van der Waals surface area contributed by atoms with Gasteiger partial charge in [0.1, 0.15) is 10.6 Å². The van der Waals surface area contributed by atoms with E-state index in [-0.39, 0.29) is 16.6 Å². The molecule has 0 bridgehead atoms. The molecule has 0 atom stereocenters. The summed E-state index contributed by atoms with van der Waals surface area (Å²) in [6, 6.07) is 12.0.